The van der Waals surface area contributed by atoms with E-state index in [0.29, 0.717) is 25.1 Å². The molecule has 27 heavy (non-hydrogen) atoms. The van der Waals surface area contributed by atoms with E-state index in [0.717, 1.165) is 11.3 Å². The van der Waals surface area contributed by atoms with Crippen LogP contribution in [0.2, 0.25) is 0 Å². The van der Waals surface area contributed by atoms with Gasteiger partial charge >= 0.3 is 0 Å². The molecule has 2 aromatic rings. The van der Waals surface area contributed by atoms with Crippen LogP contribution >= 0.6 is 11.3 Å². The van der Waals surface area contributed by atoms with Gasteiger partial charge in [0.1, 0.15) is 17.8 Å². The van der Waals surface area contributed by atoms with E-state index >= 15 is 0 Å². The van der Waals surface area contributed by atoms with Crippen LogP contribution in [0.15, 0.2) is 40.3 Å². The lowest BCUT2D eigenvalue weighted by atomic mass is 10.1. The summed E-state index contributed by atoms with van der Waals surface area (Å²) in [6.45, 7) is 2.46. The lowest BCUT2D eigenvalue weighted by Crippen LogP contribution is -2.52. The fourth-order valence-corrected chi connectivity index (χ4v) is 3.81. The molecule has 1 aliphatic rings. The minimum Gasteiger partial charge on any atom is -0.467 e. The van der Waals surface area contributed by atoms with Crippen molar-refractivity contribution in [3.05, 3.63) is 46.5 Å². The van der Waals surface area contributed by atoms with E-state index in [2.05, 4.69) is 10.6 Å². The number of nitrogens with zero attached hydrogens (tertiary/aromatic N) is 1. The molecule has 8 heteroatoms. The third-order valence-electron chi connectivity index (χ3n) is 4.55. The van der Waals surface area contributed by atoms with Gasteiger partial charge in [0.2, 0.25) is 17.7 Å². The smallest absolute Gasteiger partial charge is 0.243 e. The van der Waals surface area contributed by atoms with Crippen LogP contribution in [0.4, 0.5) is 0 Å². The molecule has 3 amide bonds. The lowest BCUT2D eigenvalue weighted by Gasteiger charge is -2.25. The summed E-state index contributed by atoms with van der Waals surface area (Å²) >= 11 is 1.53. The monoisotopic (exact) mass is 389 g/mol. The number of rotatable bonds is 7. The molecule has 144 valence electrons. The molecule has 0 saturated carbocycles. The number of amides is 3. The molecule has 0 radical (unpaired) electrons. The fraction of sp³-hybridized carbons (Fsp3) is 0.421. The Morgan fingerprint density at radius 2 is 2.19 bits per heavy atom. The third-order valence-corrected chi connectivity index (χ3v) is 5.43. The molecule has 3 rings (SSSR count). The predicted molar refractivity (Wildman–Crippen MR) is 101 cm³/mol. The summed E-state index contributed by atoms with van der Waals surface area (Å²) in [7, 11) is 0. The maximum atomic E-state index is 12.6. The molecule has 1 fully saturated rings. The van der Waals surface area contributed by atoms with Crippen LogP contribution in [0.1, 0.15) is 30.4 Å². The highest BCUT2D eigenvalue weighted by atomic mass is 32.1. The minimum absolute atomic E-state index is 0.0509. The van der Waals surface area contributed by atoms with Crippen molar-refractivity contribution in [2.45, 2.75) is 44.8 Å². The third kappa shape index (κ3) is 4.97. The first-order valence-corrected chi connectivity index (χ1v) is 9.85. The number of hydrogen-bond acceptors (Lipinski definition) is 5. The Balaban J connectivity index is 1.51. The van der Waals surface area contributed by atoms with Crippen molar-refractivity contribution in [3.63, 3.8) is 0 Å². The number of carbonyl (C=O) groups is 3. The van der Waals surface area contributed by atoms with Crippen LogP contribution in [0, 0.1) is 0 Å². The van der Waals surface area contributed by atoms with Crippen LogP contribution in [0.25, 0.3) is 0 Å². The second-order valence-electron chi connectivity index (χ2n) is 6.53. The van der Waals surface area contributed by atoms with E-state index < -0.39 is 12.1 Å². The van der Waals surface area contributed by atoms with E-state index in [-0.39, 0.29) is 24.3 Å². The standard InChI is InChI=1S/C19H23N3O4S/c1-13(18(24)20-12-14-5-3-9-26-14)21-19(25)16-7-2-8-22(16)17(23)11-15-6-4-10-27-15/h3-6,9-10,13,16H,2,7-8,11-12H2,1H3,(H,20,24)(H,21,25). The Bertz CT molecular complexity index is 773. The average Bonchev–Trinajstić information content (AvgIpc) is 3.41. The lowest BCUT2D eigenvalue weighted by molar-refractivity contribution is -0.139. The molecule has 0 aliphatic carbocycles. The number of hydrogen-bond donors (Lipinski definition) is 2. The Labute approximate surface area is 161 Å². The summed E-state index contributed by atoms with van der Waals surface area (Å²) in [4.78, 5) is 39.9. The number of likely N-dealkylation sites (tertiary alicyclic amines) is 1. The van der Waals surface area contributed by atoms with Gasteiger partial charge in [-0.1, -0.05) is 6.07 Å². The van der Waals surface area contributed by atoms with Crippen molar-refractivity contribution in [3.8, 4) is 0 Å². The number of furan rings is 1. The van der Waals surface area contributed by atoms with E-state index in [9.17, 15) is 14.4 Å². The average molecular weight is 389 g/mol. The summed E-state index contributed by atoms with van der Waals surface area (Å²) in [5.74, 6) is 0.00919. The predicted octanol–water partition coefficient (Wildman–Crippen LogP) is 1.70. The van der Waals surface area contributed by atoms with E-state index in [1.165, 1.54) is 17.6 Å². The molecular weight excluding hydrogens is 366 g/mol. The van der Waals surface area contributed by atoms with Gasteiger partial charge in [0, 0.05) is 11.4 Å². The van der Waals surface area contributed by atoms with Gasteiger partial charge in [0.25, 0.3) is 0 Å². The Hall–Kier alpha value is -2.61. The normalized spacial score (nSPS) is 17.5. The van der Waals surface area contributed by atoms with E-state index in [1.807, 2.05) is 17.5 Å². The zero-order chi connectivity index (χ0) is 19.2. The molecule has 3 heterocycles. The topological polar surface area (TPSA) is 91.7 Å². The first-order chi connectivity index (χ1) is 13.0. The Kier molecular flexibility index (Phi) is 6.28. The van der Waals surface area contributed by atoms with Crippen LogP contribution in [-0.4, -0.2) is 41.2 Å². The maximum Gasteiger partial charge on any atom is 0.243 e. The quantitative estimate of drug-likeness (QED) is 0.754. The maximum absolute atomic E-state index is 12.6. The van der Waals surface area contributed by atoms with Gasteiger partial charge in [-0.25, -0.2) is 0 Å². The van der Waals surface area contributed by atoms with Gasteiger partial charge in [-0.05, 0) is 43.3 Å². The first kappa shape index (κ1) is 19.2. The molecule has 1 saturated heterocycles. The number of thiophene rings is 1. The highest BCUT2D eigenvalue weighted by molar-refractivity contribution is 7.10. The van der Waals surface area contributed by atoms with Gasteiger partial charge in [0.05, 0.1) is 19.2 Å². The van der Waals surface area contributed by atoms with Crippen molar-refractivity contribution >= 4 is 29.1 Å². The van der Waals surface area contributed by atoms with Crippen molar-refractivity contribution in [1.82, 2.24) is 15.5 Å². The summed E-state index contributed by atoms with van der Waals surface area (Å²) in [5, 5.41) is 7.37. The van der Waals surface area contributed by atoms with Crippen LogP contribution in [-0.2, 0) is 27.3 Å². The zero-order valence-electron chi connectivity index (χ0n) is 15.1. The van der Waals surface area contributed by atoms with Crippen LogP contribution in [0.5, 0.6) is 0 Å². The molecule has 7 nitrogen and oxygen atoms in total. The largest absolute Gasteiger partial charge is 0.467 e. The van der Waals surface area contributed by atoms with Crippen molar-refractivity contribution in [1.29, 1.82) is 0 Å². The second-order valence-corrected chi connectivity index (χ2v) is 7.56. The molecule has 0 aromatic carbocycles. The summed E-state index contributed by atoms with van der Waals surface area (Å²) in [5.41, 5.74) is 0. The highest BCUT2D eigenvalue weighted by Crippen LogP contribution is 2.20. The SMILES string of the molecule is CC(NC(=O)C1CCCN1C(=O)Cc1cccs1)C(=O)NCc1ccco1. The van der Waals surface area contributed by atoms with E-state index in [4.69, 9.17) is 4.42 Å². The van der Waals surface area contributed by atoms with Crippen molar-refractivity contribution < 1.29 is 18.8 Å². The number of carbonyl (C=O) groups excluding carboxylic acids is 3. The summed E-state index contributed by atoms with van der Waals surface area (Å²) in [6, 6.07) is 6.12. The Morgan fingerprint density at radius 1 is 1.33 bits per heavy atom. The molecule has 0 spiro atoms. The van der Waals surface area contributed by atoms with Gasteiger partial charge in [-0.3, -0.25) is 14.4 Å². The van der Waals surface area contributed by atoms with E-state index in [1.54, 1.807) is 24.0 Å². The van der Waals surface area contributed by atoms with Gasteiger partial charge in [-0.15, -0.1) is 11.3 Å². The van der Waals surface area contributed by atoms with Gasteiger partial charge < -0.3 is 20.0 Å². The number of nitrogens with one attached hydrogen (secondary N) is 2. The summed E-state index contributed by atoms with van der Waals surface area (Å²) < 4.78 is 5.16. The highest BCUT2D eigenvalue weighted by Gasteiger charge is 2.35. The summed E-state index contributed by atoms with van der Waals surface area (Å²) in [6.07, 6.45) is 3.24. The second kappa shape index (κ2) is 8.85. The molecular formula is C19H23N3O4S. The molecule has 2 atom stereocenters. The molecule has 1 aliphatic heterocycles. The Morgan fingerprint density at radius 3 is 2.89 bits per heavy atom. The molecule has 2 aromatic heterocycles. The first-order valence-electron chi connectivity index (χ1n) is 8.97. The van der Waals surface area contributed by atoms with Gasteiger partial charge in [-0.2, -0.15) is 0 Å². The minimum atomic E-state index is -0.692. The van der Waals surface area contributed by atoms with Gasteiger partial charge in [0.15, 0.2) is 0 Å². The van der Waals surface area contributed by atoms with Crippen LogP contribution < -0.4 is 10.6 Å². The zero-order valence-corrected chi connectivity index (χ0v) is 16.0. The molecule has 2 unspecified atom stereocenters. The molecule has 0 bridgehead atoms. The van der Waals surface area contributed by atoms with Crippen LogP contribution in [0.3, 0.4) is 0 Å². The van der Waals surface area contributed by atoms with Crippen molar-refractivity contribution in [2.24, 2.45) is 0 Å². The van der Waals surface area contributed by atoms with Crippen molar-refractivity contribution in [2.75, 3.05) is 6.54 Å². The molecule has 2 N–H and O–H groups in total. The fourth-order valence-electron chi connectivity index (χ4n) is 3.12.